The van der Waals surface area contributed by atoms with Crippen LogP contribution in [0, 0.1) is 0 Å². The zero-order valence-corrected chi connectivity index (χ0v) is 16.7. The summed E-state index contributed by atoms with van der Waals surface area (Å²) in [5.74, 6) is 2.47. The van der Waals surface area contributed by atoms with Gasteiger partial charge in [-0.1, -0.05) is 0 Å². The van der Waals surface area contributed by atoms with E-state index in [1.165, 1.54) is 11.1 Å². The van der Waals surface area contributed by atoms with E-state index in [0.717, 1.165) is 31.6 Å². The van der Waals surface area contributed by atoms with E-state index in [9.17, 15) is 4.79 Å². The molecule has 0 aromatic heterocycles. The molecule has 1 fully saturated rings. The molecule has 2 atom stereocenters. The SMILES string of the molecule is COC1=C(OC)[C@]23CCc4cc(OC)c(OC)cc4[C@]2(CCN3C)CC1=O. The summed E-state index contributed by atoms with van der Waals surface area (Å²) in [5.41, 5.74) is 1.67. The molecule has 0 radical (unpaired) electrons. The molecule has 1 heterocycles. The number of likely N-dealkylation sites (N-methyl/N-ethyl adjacent to an activating group) is 1. The van der Waals surface area contributed by atoms with Gasteiger partial charge in [-0.25, -0.2) is 0 Å². The third-order valence-electron chi connectivity index (χ3n) is 6.90. The number of hydrogen-bond donors (Lipinski definition) is 0. The quantitative estimate of drug-likeness (QED) is 0.808. The minimum Gasteiger partial charge on any atom is -0.495 e. The van der Waals surface area contributed by atoms with Gasteiger partial charge in [0.25, 0.3) is 0 Å². The summed E-state index contributed by atoms with van der Waals surface area (Å²) < 4.78 is 22.5. The van der Waals surface area contributed by atoms with Crippen LogP contribution in [0.1, 0.15) is 30.4 Å². The molecule has 0 bridgehead atoms. The summed E-state index contributed by atoms with van der Waals surface area (Å²) >= 11 is 0. The van der Waals surface area contributed by atoms with E-state index in [2.05, 4.69) is 24.1 Å². The van der Waals surface area contributed by atoms with Gasteiger partial charge in [0.1, 0.15) is 0 Å². The number of hydrogen-bond acceptors (Lipinski definition) is 6. The first-order chi connectivity index (χ1) is 13.0. The van der Waals surface area contributed by atoms with E-state index in [1.54, 1.807) is 28.4 Å². The van der Waals surface area contributed by atoms with Crippen LogP contribution in [0.15, 0.2) is 23.7 Å². The second-order valence-electron chi connectivity index (χ2n) is 7.64. The lowest BCUT2D eigenvalue weighted by atomic mass is 9.54. The Labute approximate surface area is 160 Å². The molecule has 6 heteroatoms. The average Bonchev–Trinajstić information content (AvgIpc) is 2.99. The molecule has 6 nitrogen and oxygen atoms in total. The van der Waals surface area contributed by atoms with Gasteiger partial charge in [0.15, 0.2) is 17.3 Å². The fraction of sp³-hybridized carbons (Fsp3) is 0.571. The van der Waals surface area contributed by atoms with Crippen LogP contribution >= 0.6 is 0 Å². The van der Waals surface area contributed by atoms with Crippen molar-refractivity contribution < 1.29 is 23.7 Å². The Bertz CT molecular complexity index is 832. The summed E-state index contributed by atoms with van der Waals surface area (Å²) in [7, 11) is 8.61. The normalized spacial score (nSPS) is 29.7. The Balaban J connectivity index is 2.02. The zero-order chi connectivity index (χ0) is 19.4. The maximum atomic E-state index is 13.0. The standard InChI is InChI=1S/C21H27NO5/c1-22-9-8-20-12-15(23)18(26-4)19(27-5)21(20,22)7-6-13-10-16(24-2)17(25-3)11-14(13)20/h10-11H,6-9,12H2,1-5H3/t20-,21+/m0/s1. The number of aryl methyl sites for hydroxylation is 1. The smallest absolute Gasteiger partial charge is 0.201 e. The molecule has 1 saturated heterocycles. The molecule has 2 aliphatic carbocycles. The number of Topliss-reactive ketones (excluding diaryl/α,β-unsaturated/α-hetero) is 1. The van der Waals surface area contributed by atoms with Gasteiger partial charge < -0.3 is 18.9 Å². The fourth-order valence-corrected chi connectivity index (χ4v) is 5.77. The molecule has 0 unspecified atom stereocenters. The number of carbonyl (C=O) groups is 1. The third-order valence-corrected chi connectivity index (χ3v) is 6.90. The van der Waals surface area contributed by atoms with Gasteiger partial charge in [0.05, 0.1) is 34.0 Å². The van der Waals surface area contributed by atoms with Gasteiger partial charge in [-0.3, -0.25) is 9.69 Å². The minimum absolute atomic E-state index is 0.00269. The first-order valence-corrected chi connectivity index (χ1v) is 9.31. The molecule has 0 amide bonds. The number of fused-ring (bicyclic) bond motifs is 1. The zero-order valence-electron chi connectivity index (χ0n) is 16.7. The number of likely N-dealkylation sites (tertiary alicyclic amines) is 1. The van der Waals surface area contributed by atoms with E-state index >= 15 is 0 Å². The van der Waals surface area contributed by atoms with E-state index in [-0.39, 0.29) is 16.7 Å². The Hall–Kier alpha value is -2.21. The van der Waals surface area contributed by atoms with Crippen molar-refractivity contribution in [3.8, 4) is 11.5 Å². The van der Waals surface area contributed by atoms with Crippen molar-refractivity contribution in [1.29, 1.82) is 0 Å². The number of rotatable bonds is 4. The van der Waals surface area contributed by atoms with Crippen molar-refractivity contribution in [2.24, 2.45) is 0 Å². The van der Waals surface area contributed by atoms with Crippen molar-refractivity contribution in [2.45, 2.75) is 36.6 Å². The number of ether oxygens (including phenoxy) is 4. The number of benzene rings is 1. The second kappa shape index (κ2) is 6.16. The second-order valence-corrected chi connectivity index (χ2v) is 7.64. The molecule has 0 N–H and O–H groups in total. The Kier molecular flexibility index (Phi) is 4.14. The van der Waals surface area contributed by atoms with Gasteiger partial charge in [-0.05, 0) is 56.1 Å². The predicted molar refractivity (Wildman–Crippen MR) is 100 cm³/mol. The maximum Gasteiger partial charge on any atom is 0.201 e. The van der Waals surface area contributed by atoms with Crippen LogP contribution in [0.5, 0.6) is 11.5 Å². The van der Waals surface area contributed by atoms with Crippen LogP contribution in [0.4, 0.5) is 0 Å². The van der Waals surface area contributed by atoms with Gasteiger partial charge in [0, 0.05) is 11.8 Å². The summed E-state index contributed by atoms with van der Waals surface area (Å²) in [4.78, 5) is 15.4. The number of ketones is 1. The first-order valence-electron chi connectivity index (χ1n) is 9.31. The summed E-state index contributed by atoms with van der Waals surface area (Å²) in [6.45, 7) is 0.894. The van der Waals surface area contributed by atoms with E-state index in [1.807, 2.05) is 0 Å². The monoisotopic (exact) mass is 373 g/mol. The molecular formula is C21H27NO5. The highest BCUT2D eigenvalue weighted by Gasteiger charge is 2.67. The van der Waals surface area contributed by atoms with Crippen LogP contribution in [-0.2, 0) is 26.1 Å². The largest absolute Gasteiger partial charge is 0.495 e. The van der Waals surface area contributed by atoms with Crippen LogP contribution in [-0.4, -0.2) is 58.3 Å². The van der Waals surface area contributed by atoms with Crippen molar-refractivity contribution in [2.75, 3.05) is 42.0 Å². The highest BCUT2D eigenvalue weighted by molar-refractivity contribution is 5.97. The topological polar surface area (TPSA) is 57.2 Å². The highest BCUT2D eigenvalue weighted by Crippen LogP contribution is 2.62. The van der Waals surface area contributed by atoms with Crippen molar-refractivity contribution in [3.05, 3.63) is 34.8 Å². The number of allylic oxidation sites excluding steroid dienone is 1. The molecule has 0 spiro atoms. The Morgan fingerprint density at radius 1 is 0.963 bits per heavy atom. The third kappa shape index (κ3) is 2.07. The highest BCUT2D eigenvalue weighted by atomic mass is 16.5. The minimum atomic E-state index is -0.381. The van der Waals surface area contributed by atoms with Gasteiger partial charge in [-0.2, -0.15) is 0 Å². The molecule has 1 aromatic carbocycles. The lowest BCUT2D eigenvalue weighted by molar-refractivity contribution is -0.124. The number of nitrogens with zero attached hydrogens (tertiary/aromatic N) is 1. The molecular weight excluding hydrogens is 346 g/mol. The molecule has 1 aliphatic heterocycles. The maximum absolute atomic E-state index is 13.0. The van der Waals surface area contributed by atoms with Crippen molar-refractivity contribution >= 4 is 5.78 Å². The summed E-state index contributed by atoms with van der Waals surface area (Å²) in [5, 5.41) is 0. The average molecular weight is 373 g/mol. The Morgan fingerprint density at radius 2 is 1.67 bits per heavy atom. The van der Waals surface area contributed by atoms with Gasteiger partial charge in [0.2, 0.25) is 11.5 Å². The number of carbonyl (C=O) groups excluding carboxylic acids is 1. The van der Waals surface area contributed by atoms with Crippen LogP contribution in [0.3, 0.4) is 0 Å². The molecule has 0 saturated carbocycles. The number of methoxy groups -OCH3 is 4. The lowest BCUT2D eigenvalue weighted by Crippen LogP contribution is -2.62. The van der Waals surface area contributed by atoms with Crippen molar-refractivity contribution in [1.82, 2.24) is 4.90 Å². The molecule has 146 valence electrons. The predicted octanol–water partition coefficient (Wildman–Crippen LogP) is 2.44. The van der Waals surface area contributed by atoms with Gasteiger partial charge in [-0.15, -0.1) is 0 Å². The van der Waals surface area contributed by atoms with E-state index < -0.39 is 0 Å². The molecule has 27 heavy (non-hydrogen) atoms. The lowest BCUT2D eigenvalue weighted by Gasteiger charge is -2.55. The van der Waals surface area contributed by atoms with E-state index in [0.29, 0.717) is 23.7 Å². The summed E-state index contributed by atoms with van der Waals surface area (Å²) in [6, 6.07) is 4.14. The summed E-state index contributed by atoms with van der Waals surface area (Å²) in [6.07, 6.45) is 3.05. The molecule has 3 aliphatic rings. The molecule has 1 aromatic rings. The van der Waals surface area contributed by atoms with Crippen molar-refractivity contribution in [3.63, 3.8) is 0 Å². The van der Waals surface area contributed by atoms with Crippen LogP contribution in [0.25, 0.3) is 0 Å². The first kappa shape index (κ1) is 18.2. The Morgan fingerprint density at radius 3 is 2.30 bits per heavy atom. The van der Waals surface area contributed by atoms with Gasteiger partial charge >= 0.3 is 0 Å². The van der Waals surface area contributed by atoms with Crippen LogP contribution in [0.2, 0.25) is 0 Å². The fourth-order valence-electron chi connectivity index (χ4n) is 5.77. The van der Waals surface area contributed by atoms with Crippen LogP contribution < -0.4 is 9.47 Å². The van der Waals surface area contributed by atoms with E-state index in [4.69, 9.17) is 18.9 Å². The molecule has 4 rings (SSSR count).